The Balaban J connectivity index is 1.68. The van der Waals surface area contributed by atoms with Crippen LogP contribution in [0.5, 0.6) is 0 Å². The Kier molecular flexibility index (Phi) is 5.51. The third-order valence-electron chi connectivity index (χ3n) is 9.25. The van der Waals surface area contributed by atoms with Gasteiger partial charge in [-0.15, -0.1) is 0 Å². The van der Waals surface area contributed by atoms with Crippen molar-refractivity contribution in [2.45, 2.75) is 86.0 Å². The van der Waals surface area contributed by atoms with E-state index in [4.69, 9.17) is 4.74 Å². The third kappa shape index (κ3) is 3.04. The first-order chi connectivity index (χ1) is 14.1. The molecule has 3 fully saturated rings. The van der Waals surface area contributed by atoms with E-state index >= 15 is 4.39 Å². The largest absolute Gasteiger partial charge is 0.461 e. The minimum Gasteiger partial charge on any atom is -0.461 e. The third-order valence-corrected chi connectivity index (χ3v) is 9.25. The van der Waals surface area contributed by atoms with Crippen molar-refractivity contribution in [3.63, 3.8) is 0 Å². The molecular weight excluding hydrogens is 379 g/mol. The minimum atomic E-state index is -0.787. The maximum atomic E-state index is 15.0. The van der Waals surface area contributed by atoms with Crippen molar-refractivity contribution in [2.24, 2.45) is 34.5 Å². The van der Waals surface area contributed by atoms with Crippen molar-refractivity contribution in [2.75, 3.05) is 6.61 Å². The summed E-state index contributed by atoms with van der Waals surface area (Å²) in [6.07, 6.45) is 7.33. The summed E-state index contributed by atoms with van der Waals surface area (Å²) in [4.78, 5) is 24.8. The maximum Gasteiger partial charge on any atom is 0.367 e. The van der Waals surface area contributed by atoms with Gasteiger partial charge in [-0.2, -0.15) is 4.39 Å². The quantitative estimate of drug-likeness (QED) is 0.399. The number of esters is 1. The molecule has 0 unspecified atom stereocenters. The number of allylic oxidation sites excluding steroid dienone is 2. The summed E-state index contributed by atoms with van der Waals surface area (Å²) in [5.74, 6) is 0.761. The Bertz CT molecular complexity index is 822. The van der Waals surface area contributed by atoms with E-state index in [2.05, 4.69) is 27.7 Å². The van der Waals surface area contributed by atoms with Crippen LogP contribution in [0.2, 0.25) is 0 Å². The number of hydrogen-bond donors (Lipinski definition) is 0. The van der Waals surface area contributed by atoms with E-state index in [9.17, 15) is 9.59 Å². The van der Waals surface area contributed by atoms with Crippen molar-refractivity contribution in [3.8, 4) is 0 Å². The van der Waals surface area contributed by atoms with Gasteiger partial charge in [0, 0.05) is 6.42 Å². The number of ether oxygens (including phenoxy) is 1. The minimum absolute atomic E-state index is 0.101. The van der Waals surface area contributed by atoms with Crippen molar-refractivity contribution in [3.05, 3.63) is 22.5 Å². The summed E-state index contributed by atoms with van der Waals surface area (Å²) in [6.45, 7) is 10.8. The lowest BCUT2D eigenvalue weighted by Crippen LogP contribution is -2.50. The van der Waals surface area contributed by atoms with E-state index in [1.54, 1.807) is 6.92 Å². The van der Waals surface area contributed by atoms with E-state index in [-0.39, 0.29) is 23.4 Å². The van der Waals surface area contributed by atoms with Crippen LogP contribution in [-0.4, -0.2) is 18.4 Å². The summed E-state index contributed by atoms with van der Waals surface area (Å²) in [5.41, 5.74) is 3.11. The zero-order valence-electron chi connectivity index (χ0n) is 19.3. The van der Waals surface area contributed by atoms with Gasteiger partial charge in [0.15, 0.2) is 5.78 Å². The number of fused-ring (bicyclic) bond motifs is 5. The Morgan fingerprint density at radius 1 is 1.07 bits per heavy atom. The number of carbonyl (C=O) groups is 2. The zero-order valence-corrected chi connectivity index (χ0v) is 19.3. The summed E-state index contributed by atoms with van der Waals surface area (Å²) in [7, 11) is 0. The zero-order chi connectivity index (χ0) is 21.8. The van der Waals surface area contributed by atoms with Gasteiger partial charge in [0.1, 0.15) is 0 Å². The van der Waals surface area contributed by atoms with Gasteiger partial charge in [0.05, 0.1) is 6.61 Å². The molecule has 166 valence electrons. The maximum absolute atomic E-state index is 15.0. The number of hydrogen-bond acceptors (Lipinski definition) is 3. The van der Waals surface area contributed by atoms with Gasteiger partial charge in [-0.25, -0.2) is 4.79 Å². The summed E-state index contributed by atoms with van der Waals surface area (Å²) in [5, 5.41) is 0. The predicted octanol–water partition coefficient (Wildman–Crippen LogP) is 6.33. The Morgan fingerprint density at radius 2 is 1.77 bits per heavy atom. The molecule has 0 aliphatic heterocycles. The number of rotatable bonds is 3. The normalized spacial score (nSPS) is 40.1. The van der Waals surface area contributed by atoms with E-state index in [1.165, 1.54) is 5.57 Å². The van der Waals surface area contributed by atoms with E-state index in [1.807, 2.05) is 0 Å². The average molecular weight is 417 g/mol. The first kappa shape index (κ1) is 21.8. The van der Waals surface area contributed by atoms with Crippen LogP contribution in [0.3, 0.4) is 0 Å². The second-order valence-corrected chi connectivity index (χ2v) is 10.8. The standard InChI is InChI=1S/C26H37FO3/c1-6-30-24(29)23(27)20-10-9-17-16-7-8-19-22(15(2)3)21(28)12-14-25(19,4)18(16)11-13-26(17,20)5/h15-18H,6-14H2,1-5H3/t16-,17-,18-,25+,26-/m0/s1. The van der Waals surface area contributed by atoms with Crippen LogP contribution in [0.25, 0.3) is 0 Å². The molecule has 0 heterocycles. The van der Waals surface area contributed by atoms with Crippen LogP contribution in [0.1, 0.15) is 86.0 Å². The van der Waals surface area contributed by atoms with Gasteiger partial charge in [0.25, 0.3) is 0 Å². The first-order valence-electron chi connectivity index (χ1n) is 12.0. The lowest BCUT2D eigenvalue weighted by Gasteiger charge is -2.58. The molecule has 4 heteroatoms. The molecule has 0 aromatic heterocycles. The number of halogens is 1. The Labute approximate surface area is 180 Å². The van der Waals surface area contributed by atoms with Crippen LogP contribution < -0.4 is 0 Å². The monoisotopic (exact) mass is 416 g/mol. The topological polar surface area (TPSA) is 43.4 Å². The second kappa shape index (κ2) is 7.60. The molecule has 4 aliphatic rings. The Hall–Kier alpha value is -1.45. The highest BCUT2D eigenvalue weighted by atomic mass is 19.1. The molecule has 3 nitrogen and oxygen atoms in total. The van der Waals surface area contributed by atoms with Gasteiger partial charge >= 0.3 is 5.97 Å². The molecule has 0 aromatic carbocycles. The predicted molar refractivity (Wildman–Crippen MR) is 115 cm³/mol. The Morgan fingerprint density at radius 3 is 2.43 bits per heavy atom. The first-order valence-corrected chi connectivity index (χ1v) is 12.0. The fourth-order valence-corrected chi connectivity index (χ4v) is 7.92. The van der Waals surface area contributed by atoms with Crippen LogP contribution in [0.15, 0.2) is 22.5 Å². The molecule has 0 N–H and O–H groups in total. The molecule has 0 radical (unpaired) electrons. The van der Waals surface area contributed by atoms with E-state index < -0.39 is 11.8 Å². The fourth-order valence-electron chi connectivity index (χ4n) is 7.92. The second-order valence-electron chi connectivity index (χ2n) is 10.8. The van der Waals surface area contributed by atoms with E-state index in [0.717, 1.165) is 44.1 Å². The van der Waals surface area contributed by atoms with Gasteiger partial charge in [0.2, 0.25) is 5.83 Å². The van der Waals surface area contributed by atoms with Crippen LogP contribution >= 0.6 is 0 Å². The SMILES string of the molecule is CCOC(=O)C(F)=C1CC[C@H]2[C@@H]3CCC4=C(C(C)C)C(=O)CC[C@]4(C)[C@H]3CC[C@]12C. The molecule has 30 heavy (non-hydrogen) atoms. The number of carbonyl (C=O) groups excluding carboxylic acids is 2. The molecular formula is C26H37FO3. The van der Waals surface area contributed by atoms with Crippen LogP contribution in [0.4, 0.5) is 4.39 Å². The molecule has 4 aliphatic carbocycles. The summed E-state index contributed by atoms with van der Waals surface area (Å²) in [6, 6.07) is 0. The molecule has 0 amide bonds. The van der Waals surface area contributed by atoms with Gasteiger partial charge in [-0.05, 0) is 97.5 Å². The highest BCUT2D eigenvalue weighted by molar-refractivity contribution is 5.97. The highest BCUT2D eigenvalue weighted by Gasteiger charge is 2.59. The smallest absolute Gasteiger partial charge is 0.367 e. The van der Waals surface area contributed by atoms with Crippen LogP contribution in [0, 0.1) is 34.5 Å². The van der Waals surface area contributed by atoms with Crippen molar-refractivity contribution < 1.29 is 18.7 Å². The van der Waals surface area contributed by atoms with Crippen molar-refractivity contribution in [1.82, 2.24) is 0 Å². The van der Waals surface area contributed by atoms with Crippen molar-refractivity contribution >= 4 is 11.8 Å². The van der Waals surface area contributed by atoms with E-state index in [0.29, 0.717) is 42.0 Å². The van der Waals surface area contributed by atoms with Gasteiger partial charge in [-0.3, -0.25) is 4.79 Å². The molecule has 0 saturated heterocycles. The molecule has 4 rings (SSSR count). The lowest BCUT2D eigenvalue weighted by atomic mass is 9.46. The molecule has 0 spiro atoms. The molecule has 3 saturated carbocycles. The average Bonchev–Trinajstić information content (AvgIpc) is 3.04. The molecule has 0 bridgehead atoms. The molecule has 0 aromatic rings. The number of Topliss-reactive ketones (excluding diaryl/α,β-unsaturated/α-hetero) is 1. The van der Waals surface area contributed by atoms with Gasteiger partial charge in [-0.1, -0.05) is 33.3 Å². The lowest BCUT2D eigenvalue weighted by molar-refractivity contribution is -0.140. The van der Waals surface area contributed by atoms with Gasteiger partial charge < -0.3 is 4.74 Å². The highest BCUT2D eigenvalue weighted by Crippen LogP contribution is 2.67. The summed E-state index contributed by atoms with van der Waals surface area (Å²) < 4.78 is 20.0. The van der Waals surface area contributed by atoms with Crippen molar-refractivity contribution in [1.29, 1.82) is 0 Å². The number of ketones is 1. The molecule has 5 atom stereocenters. The van der Waals surface area contributed by atoms with Crippen LogP contribution in [-0.2, 0) is 14.3 Å². The summed E-state index contributed by atoms with van der Waals surface area (Å²) >= 11 is 0. The fraction of sp³-hybridized carbons (Fsp3) is 0.769.